The van der Waals surface area contributed by atoms with Crippen molar-refractivity contribution in [2.45, 2.75) is 31.6 Å². The Morgan fingerprint density at radius 1 is 1.16 bits per heavy atom. The molecular weight excluding hydrogens is 332 g/mol. The third-order valence-electron chi connectivity index (χ3n) is 4.62. The van der Waals surface area contributed by atoms with Crippen LogP contribution in [-0.4, -0.2) is 30.6 Å². The zero-order valence-electron chi connectivity index (χ0n) is 14.6. The van der Waals surface area contributed by atoms with Crippen LogP contribution in [0.3, 0.4) is 0 Å². The van der Waals surface area contributed by atoms with Gasteiger partial charge in [-0.25, -0.2) is 4.98 Å². The van der Waals surface area contributed by atoms with Crippen molar-refractivity contribution in [3.8, 4) is 0 Å². The minimum absolute atomic E-state index is 0.240. The smallest absolute Gasteiger partial charge is 0.191 e. The molecule has 1 aliphatic rings. The summed E-state index contributed by atoms with van der Waals surface area (Å²) in [5.41, 5.74) is 2.81. The van der Waals surface area contributed by atoms with Gasteiger partial charge in [0.2, 0.25) is 0 Å². The van der Waals surface area contributed by atoms with Gasteiger partial charge in [0.25, 0.3) is 0 Å². The summed E-state index contributed by atoms with van der Waals surface area (Å²) in [4.78, 5) is 8.94. The molecule has 5 heteroatoms. The Morgan fingerprint density at radius 3 is 2.60 bits per heavy atom. The highest BCUT2D eigenvalue weighted by atomic mass is 35.5. The van der Waals surface area contributed by atoms with Gasteiger partial charge in [-0.15, -0.1) is 0 Å². The number of hydrogen-bond donors (Lipinski definition) is 2. The van der Waals surface area contributed by atoms with E-state index in [1.807, 2.05) is 18.3 Å². The van der Waals surface area contributed by atoms with E-state index in [0.717, 1.165) is 37.6 Å². The molecule has 1 aromatic heterocycles. The van der Waals surface area contributed by atoms with E-state index in [4.69, 9.17) is 16.6 Å². The number of pyridine rings is 1. The van der Waals surface area contributed by atoms with Gasteiger partial charge in [-0.1, -0.05) is 48.0 Å². The van der Waals surface area contributed by atoms with Crippen molar-refractivity contribution in [2.24, 2.45) is 4.99 Å². The fraction of sp³-hybridized carbons (Fsp3) is 0.400. The predicted molar refractivity (Wildman–Crippen MR) is 104 cm³/mol. The van der Waals surface area contributed by atoms with Crippen molar-refractivity contribution >= 4 is 17.6 Å². The second kappa shape index (κ2) is 8.34. The molecule has 1 heterocycles. The molecule has 0 aliphatic heterocycles. The van der Waals surface area contributed by atoms with Crippen LogP contribution in [0.15, 0.2) is 53.7 Å². The predicted octanol–water partition coefficient (Wildman–Crippen LogP) is 3.56. The van der Waals surface area contributed by atoms with Crippen LogP contribution < -0.4 is 10.6 Å². The molecule has 25 heavy (non-hydrogen) atoms. The lowest BCUT2D eigenvalue weighted by Crippen LogP contribution is -2.39. The minimum atomic E-state index is 0.240. The lowest BCUT2D eigenvalue weighted by atomic mass is 9.96. The van der Waals surface area contributed by atoms with E-state index in [9.17, 15) is 0 Å². The van der Waals surface area contributed by atoms with Gasteiger partial charge < -0.3 is 10.6 Å². The van der Waals surface area contributed by atoms with Crippen molar-refractivity contribution < 1.29 is 0 Å². The van der Waals surface area contributed by atoms with Gasteiger partial charge >= 0.3 is 0 Å². The molecule has 0 unspecified atom stereocenters. The normalized spacial score (nSPS) is 15.7. The number of nitrogens with zero attached hydrogens (tertiary/aromatic N) is 2. The number of halogens is 1. The summed E-state index contributed by atoms with van der Waals surface area (Å²) in [7, 11) is 0. The van der Waals surface area contributed by atoms with Crippen LogP contribution in [0.1, 0.15) is 30.9 Å². The first kappa shape index (κ1) is 17.7. The van der Waals surface area contributed by atoms with E-state index < -0.39 is 0 Å². The zero-order valence-corrected chi connectivity index (χ0v) is 15.4. The van der Waals surface area contributed by atoms with Crippen LogP contribution in [0, 0.1) is 0 Å². The number of benzene rings is 1. The molecule has 0 radical (unpaired) electrons. The van der Waals surface area contributed by atoms with Gasteiger partial charge in [-0.2, -0.15) is 0 Å². The molecule has 4 nitrogen and oxygen atoms in total. The highest BCUT2D eigenvalue weighted by Gasteiger charge is 2.43. The number of aromatic nitrogens is 1. The molecule has 2 aromatic rings. The lowest BCUT2D eigenvalue weighted by Gasteiger charge is -2.16. The highest BCUT2D eigenvalue weighted by Crippen LogP contribution is 2.48. The van der Waals surface area contributed by atoms with Crippen LogP contribution in [-0.2, 0) is 11.8 Å². The standard InChI is InChI=1S/C20H25ClN4/c1-2-22-19(23-13-10-16-8-9-18(21)24-14-16)25-15-20(11-12-20)17-6-4-3-5-7-17/h3-9,14H,2,10-13,15H2,1H3,(H2,22,23,25). The Kier molecular flexibility index (Phi) is 5.92. The van der Waals surface area contributed by atoms with Gasteiger partial charge in [0.15, 0.2) is 5.96 Å². The number of aliphatic imine (C=N–C) groups is 1. The SMILES string of the molecule is CCNC(=NCC1(c2ccccc2)CC1)NCCc1ccc(Cl)nc1. The van der Waals surface area contributed by atoms with Crippen LogP contribution in [0.5, 0.6) is 0 Å². The molecule has 0 atom stereocenters. The first-order valence-corrected chi connectivity index (χ1v) is 9.28. The van der Waals surface area contributed by atoms with Crippen LogP contribution in [0.25, 0.3) is 0 Å². The highest BCUT2D eigenvalue weighted by molar-refractivity contribution is 6.29. The van der Waals surface area contributed by atoms with E-state index in [0.29, 0.717) is 5.15 Å². The maximum Gasteiger partial charge on any atom is 0.191 e. The fourth-order valence-corrected chi connectivity index (χ4v) is 3.04. The molecule has 0 spiro atoms. The maximum absolute atomic E-state index is 5.82. The fourth-order valence-electron chi connectivity index (χ4n) is 2.93. The van der Waals surface area contributed by atoms with Crippen LogP contribution in [0.2, 0.25) is 5.15 Å². The monoisotopic (exact) mass is 356 g/mol. The van der Waals surface area contributed by atoms with Crippen molar-refractivity contribution in [1.29, 1.82) is 0 Å². The Hall–Kier alpha value is -2.07. The molecule has 0 bridgehead atoms. The van der Waals surface area contributed by atoms with Crippen LogP contribution >= 0.6 is 11.6 Å². The second-order valence-corrected chi connectivity index (χ2v) is 6.89. The van der Waals surface area contributed by atoms with E-state index in [1.54, 1.807) is 0 Å². The maximum atomic E-state index is 5.82. The topological polar surface area (TPSA) is 49.3 Å². The molecular formula is C20H25ClN4. The summed E-state index contributed by atoms with van der Waals surface area (Å²) in [5.74, 6) is 0.881. The third-order valence-corrected chi connectivity index (χ3v) is 4.84. The van der Waals surface area contributed by atoms with Gasteiger partial charge in [0, 0.05) is 24.7 Å². The molecule has 0 amide bonds. The second-order valence-electron chi connectivity index (χ2n) is 6.51. The molecule has 0 saturated heterocycles. The molecule has 1 aliphatic carbocycles. The summed E-state index contributed by atoms with van der Waals surface area (Å²) in [6.45, 7) is 4.58. The Labute approximate surface area is 154 Å². The quantitative estimate of drug-likeness (QED) is 0.453. The Balaban J connectivity index is 1.55. The summed E-state index contributed by atoms with van der Waals surface area (Å²) in [5, 5.41) is 7.28. The van der Waals surface area contributed by atoms with Gasteiger partial charge in [-0.05, 0) is 43.4 Å². The largest absolute Gasteiger partial charge is 0.357 e. The van der Waals surface area contributed by atoms with E-state index in [1.165, 1.54) is 18.4 Å². The molecule has 132 valence electrons. The number of rotatable bonds is 7. The summed E-state index contributed by atoms with van der Waals surface area (Å²) in [6, 6.07) is 14.6. The first-order valence-electron chi connectivity index (χ1n) is 8.90. The summed E-state index contributed by atoms with van der Waals surface area (Å²) >= 11 is 5.82. The van der Waals surface area contributed by atoms with Gasteiger partial charge in [-0.3, -0.25) is 4.99 Å². The third kappa shape index (κ3) is 4.95. The van der Waals surface area contributed by atoms with Crippen molar-refractivity contribution in [3.63, 3.8) is 0 Å². The summed E-state index contributed by atoms with van der Waals surface area (Å²) < 4.78 is 0. The molecule has 1 saturated carbocycles. The van der Waals surface area contributed by atoms with Crippen molar-refractivity contribution in [2.75, 3.05) is 19.6 Å². The minimum Gasteiger partial charge on any atom is -0.357 e. The van der Waals surface area contributed by atoms with Crippen molar-refractivity contribution in [3.05, 3.63) is 64.9 Å². The van der Waals surface area contributed by atoms with Gasteiger partial charge in [0.05, 0.1) is 6.54 Å². The van der Waals surface area contributed by atoms with Crippen molar-refractivity contribution in [1.82, 2.24) is 15.6 Å². The van der Waals surface area contributed by atoms with E-state index in [2.05, 4.69) is 52.9 Å². The Morgan fingerprint density at radius 2 is 1.96 bits per heavy atom. The molecule has 2 N–H and O–H groups in total. The number of hydrogen-bond acceptors (Lipinski definition) is 2. The Bertz CT molecular complexity index is 693. The van der Waals surface area contributed by atoms with Gasteiger partial charge in [0.1, 0.15) is 5.15 Å². The molecule has 1 aromatic carbocycles. The molecule has 3 rings (SSSR count). The molecule has 1 fully saturated rings. The summed E-state index contributed by atoms with van der Waals surface area (Å²) in [6.07, 6.45) is 5.15. The van der Waals surface area contributed by atoms with E-state index >= 15 is 0 Å². The zero-order chi connectivity index (χ0) is 17.5. The number of guanidine groups is 1. The first-order chi connectivity index (χ1) is 12.2. The average Bonchev–Trinajstić information content (AvgIpc) is 3.43. The van der Waals surface area contributed by atoms with Crippen LogP contribution in [0.4, 0.5) is 0 Å². The average molecular weight is 357 g/mol. The van der Waals surface area contributed by atoms with E-state index in [-0.39, 0.29) is 5.41 Å². The number of nitrogens with one attached hydrogen (secondary N) is 2. The lowest BCUT2D eigenvalue weighted by molar-refractivity contribution is 0.692.